The summed E-state index contributed by atoms with van der Waals surface area (Å²) in [4.78, 5) is 0. The molecule has 6 nitrogen and oxygen atoms in total. The van der Waals surface area contributed by atoms with E-state index in [2.05, 4.69) is 52.0 Å². The Morgan fingerprint density at radius 1 is 1.00 bits per heavy atom. The van der Waals surface area contributed by atoms with E-state index in [-0.39, 0.29) is 0 Å². The third kappa shape index (κ3) is 4.10. The predicted octanol–water partition coefficient (Wildman–Crippen LogP) is 3.19. The van der Waals surface area contributed by atoms with Crippen LogP contribution in [0.3, 0.4) is 0 Å². The summed E-state index contributed by atoms with van der Waals surface area (Å²) < 4.78 is 7.54. The van der Waals surface area contributed by atoms with E-state index < -0.39 is 0 Å². The van der Waals surface area contributed by atoms with Crippen LogP contribution in [0.25, 0.3) is 0 Å². The van der Waals surface area contributed by atoms with Gasteiger partial charge in [-0.3, -0.25) is 0 Å². The van der Waals surface area contributed by atoms with Crippen molar-refractivity contribution in [1.29, 1.82) is 0 Å². The van der Waals surface area contributed by atoms with Gasteiger partial charge in [0.05, 0.1) is 0 Å². The zero-order valence-electron chi connectivity index (χ0n) is 13.9. The molecule has 0 fully saturated rings. The number of aryl methyl sites for hydroxylation is 2. The molecule has 3 aromatic rings. The smallest absolute Gasteiger partial charge is 0.243 e. The summed E-state index contributed by atoms with van der Waals surface area (Å²) in [6.45, 7) is 6.06. The Balaban J connectivity index is 1.52. The molecule has 0 atom stereocenters. The van der Waals surface area contributed by atoms with Gasteiger partial charge in [-0.1, -0.05) is 47.1 Å². The van der Waals surface area contributed by atoms with Crippen LogP contribution in [0.5, 0.6) is 5.75 Å². The normalized spacial score (nSPS) is 10.6. The van der Waals surface area contributed by atoms with Crippen molar-refractivity contribution in [3.05, 3.63) is 65.2 Å². The minimum Gasteiger partial charge on any atom is -0.489 e. The number of hydrogen-bond acceptors (Lipinski definition) is 5. The zero-order chi connectivity index (χ0) is 16.8. The molecule has 0 aliphatic rings. The fourth-order valence-corrected chi connectivity index (χ4v) is 2.28. The largest absolute Gasteiger partial charge is 0.489 e. The molecule has 0 unspecified atom stereocenters. The lowest BCUT2D eigenvalue weighted by Crippen LogP contribution is -2.07. The number of anilines is 1. The van der Waals surface area contributed by atoms with Crippen molar-refractivity contribution in [2.45, 2.75) is 33.5 Å². The number of tetrazole rings is 1. The van der Waals surface area contributed by atoms with Crippen LogP contribution >= 0.6 is 0 Å². The number of benzene rings is 2. The minimum absolute atomic E-state index is 0.573. The molecule has 0 bridgehead atoms. The average Bonchev–Trinajstić information content (AvgIpc) is 3.08. The molecule has 1 N–H and O–H groups in total. The molecule has 24 heavy (non-hydrogen) atoms. The number of aromatic nitrogens is 4. The van der Waals surface area contributed by atoms with Crippen LogP contribution in [0, 0.1) is 6.92 Å². The lowest BCUT2D eigenvalue weighted by atomic mass is 10.2. The molecule has 0 aliphatic carbocycles. The Morgan fingerprint density at radius 2 is 1.71 bits per heavy atom. The second-order valence-corrected chi connectivity index (χ2v) is 5.59. The highest BCUT2D eigenvalue weighted by molar-refractivity contribution is 5.31. The second kappa shape index (κ2) is 7.59. The van der Waals surface area contributed by atoms with Crippen molar-refractivity contribution in [1.82, 2.24) is 20.2 Å². The SMILES string of the molecule is CCn1nnnc1NCc1ccc(OCc2ccc(C)cc2)cc1. The standard InChI is InChI=1S/C18H21N5O/c1-3-23-18(20-21-22-23)19-12-15-8-10-17(11-9-15)24-13-16-6-4-14(2)5-7-16/h4-11H,3,12-13H2,1-2H3,(H,19,20,22). The first kappa shape index (κ1) is 16.0. The lowest BCUT2D eigenvalue weighted by Gasteiger charge is -2.09. The predicted molar refractivity (Wildman–Crippen MR) is 92.8 cm³/mol. The van der Waals surface area contributed by atoms with Crippen molar-refractivity contribution < 1.29 is 4.74 Å². The maximum absolute atomic E-state index is 5.82. The Hall–Kier alpha value is -2.89. The molecule has 0 spiro atoms. The summed E-state index contributed by atoms with van der Waals surface area (Å²) in [5, 5.41) is 14.7. The monoisotopic (exact) mass is 323 g/mol. The van der Waals surface area contributed by atoms with E-state index in [1.807, 2.05) is 31.2 Å². The molecular weight excluding hydrogens is 302 g/mol. The topological polar surface area (TPSA) is 64.9 Å². The van der Waals surface area contributed by atoms with Crippen molar-refractivity contribution in [2.75, 3.05) is 5.32 Å². The number of ether oxygens (including phenoxy) is 1. The fourth-order valence-electron chi connectivity index (χ4n) is 2.28. The van der Waals surface area contributed by atoms with E-state index in [1.165, 1.54) is 5.56 Å². The van der Waals surface area contributed by atoms with Crippen molar-refractivity contribution in [3.63, 3.8) is 0 Å². The average molecular weight is 323 g/mol. The first-order valence-corrected chi connectivity index (χ1v) is 8.02. The Kier molecular flexibility index (Phi) is 5.05. The van der Waals surface area contributed by atoms with E-state index in [1.54, 1.807) is 4.68 Å². The molecule has 3 rings (SSSR count). The molecule has 124 valence electrons. The molecule has 0 radical (unpaired) electrons. The van der Waals surface area contributed by atoms with E-state index in [0.717, 1.165) is 23.4 Å². The quantitative estimate of drug-likeness (QED) is 0.723. The Labute approximate surface area is 141 Å². The van der Waals surface area contributed by atoms with Gasteiger partial charge in [-0.2, -0.15) is 0 Å². The number of hydrogen-bond donors (Lipinski definition) is 1. The molecular formula is C18H21N5O. The molecule has 1 heterocycles. The molecule has 0 aliphatic heterocycles. The fraction of sp³-hybridized carbons (Fsp3) is 0.278. The first-order valence-electron chi connectivity index (χ1n) is 8.02. The molecule has 2 aromatic carbocycles. The highest BCUT2D eigenvalue weighted by Crippen LogP contribution is 2.15. The highest BCUT2D eigenvalue weighted by Gasteiger charge is 2.03. The summed E-state index contributed by atoms with van der Waals surface area (Å²) in [5.74, 6) is 1.54. The Morgan fingerprint density at radius 3 is 2.42 bits per heavy atom. The van der Waals surface area contributed by atoms with Crippen LogP contribution in [0.1, 0.15) is 23.6 Å². The third-order valence-corrected chi connectivity index (χ3v) is 3.73. The van der Waals surface area contributed by atoms with Gasteiger partial charge in [0.2, 0.25) is 5.95 Å². The summed E-state index contributed by atoms with van der Waals surface area (Å²) in [5.41, 5.74) is 3.56. The van der Waals surface area contributed by atoms with Gasteiger partial charge < -0.3 is 10.1 Å². The molecule has 6 heteroatoms. The summed E-state index contributed by atoms with van der Waals surface area (Å²) in [7, 11) is 0. The summed E-state index contributed by atoms with van der Waals surface area (Å²) in [6.07, 6.45) is 0. The van der Waals surface area contributed by atoms with E-state index in [0.29, 0.717) is 19.1 Å². The maximum Gasteiger partial charge on any atom is 0.243 e. The second-order valence-electron chi connectivity index (χ2n) is 5.59. The van der Waals surface area contributed by atoms with Gasteiger partial charge in [0.1, 0.15) is 12.4 Å². The number of nitrogens with zero attached hydrogens (tertiary/aromatic N) is 4. The lowest BCUT2D eigenvalue weighted by molar-refractivity contribution is 0.306. The van der Waals surface area contributed by atoms with E-state index in [9.17, 15) is 0 Å². The Bertz CT molecular complexity index is 765. The van der Waals surface area contributed by atoms with Gasteiger partial charge in [-0.25, -0.2) is 4.68 Å². The van der Waals surface area contributed by atoms with Crippen LogP contribution in [-0.2, 0) is 19.7 Å². The van der Waals surface area contributed by atoms with Crippen LogP contribution < -0.4 is 10.1 Å². The summed E-state index contributed by atoms with van der Waals surface area (Å²) in [6, 6.07) is 16.4. The highest BCUT2D eigenvalue weighted by atomic mass is 16.5. The van der Waals surface area contributed by atoms with Crippen LogP contribution in [0.15, 0.2) is 48.5 Å². The van der Waals surface area contributed by atoms with E-state index in [4.69, 9.17) is 4.74 Å². The van der Waals surface area contributed by atoms with Gasteiger partial charge in [0.15, 0.2) is 0 Å². The van der Waals surface area contributed by atoms with Gasteiger partial charge in [0, 0.05) is 13.1 Å². The van der Waals surface area contributed by atoms with E-state index >= 15 is 0 Å². The first-order chi connectivity index (χ1) is 11.7. The molecule has 0 saturated carbocycles. The van der Waals surface area contributed by atoms with Crippen molar-refractivity contribution in [3.8, 4) is 5.75 Å². The molecule has 0 saturated heterocycles. The van der Waals surface area contributed by atoms with Gasteiger partial charge in [0.25, 0.3) is 0 Å². The summed E-state index contributed by atoms with van der Waals surface area (Å²) >= 11 is 0. The zero-order valence-corrected chi connectivity index (χ0v) is 13.9. The third-order valence-electron chi connectivity index (χ3n) is 3.73. The van der Waals surface area contributed by atoms with Crippen molar-refractivity contribution in [2.24, 2.45) is 0 Å². The van der Waals surface area contributed by atoms with Crippen LogP contribution in [0.2, 0.25) is 0 Å². The minimum atomic E-state index is 0.573. The van der Waals surface area contributed by atoms with Gasteiger partial charge >= 0.3 is 0 Å². The van der Waals surface area contributed by atoms with Crippen LogP contribution in [0.4, 0.5) is 5.95 Å². The molecule has 0 amide bonds. The maximum atomic E-state index is 5.82. The number of nitrogens with one attached hydrogen (secondary N) is 1. The van der Waals surface area contributed by atoms with Crippen molar-refractivity contribution >= 4 is 5.95 Å². The van der Waals surface area contributed by atoms with Gasteiger partial charge in [-0.05, 0) is 47.5 Å². The van der Waals surface area contributed by atoms with Gasteiger partial charge in [-0.15, -0.1) is 0 Å². The molecule has 1 aromatic heterocycles. The number of rotatable bonds is 7. The van der Waals surface area contributed by atoms with Crippen LogP contribution in [-0.4, -0.2) is 20.2 Å².